The van der Waals surface area contributed by atoms with Crippen LogP contribution < -0.4 is 10.1 Å². The summed E-state index contributed by atoms with van der Waals surface area (Å²) in [6, 6.07) is 7.53. The molecule has 0 aromatic heterocycles. The summed E-state index contributed by atoms with van der Waals surface area (Å²) in [5.41, 5.74) is 0.594. The Balaban J connectivity index is 1.35. The van der Waals surface area contributed by atoms with Gasteiger partial charge in [0.25, 0.3) is 5.91 Å². The maximum atomic E-state index is 12.8. The minimum absolute atomic E-state index is 0.00432. The third-order valence-electron chi connectivity index (χ3n) is 7.08. The van der Waals surface area contributed by atoms with Gasteiger partial charge < -0.3 is 19.9 Å². The molecule has 1 aromatic carbocycles. The Morgan fingerprint density at radius 3 is 2.64 bits per heavy atom. The number of carbonyl (C=O) groups excluding carboxylic acids is 1. The zero-order valence-electron chi connectivity index (χ0n) is 16.7. The smallest absolute Gasteiger partial charge is 0.255 e. The highest BCUT2D eigenvalue weighted by molar-refractivity contribution is 5.96. The van der Waals surface area contributed by atoms with E-state index in [0.717, 1.165) is 51.7 Å². The fraction of sp³-hybridized carbons (Fsp3) is 0.696. The van der Waals surface area contributed by atoms with Crippen LogP contribution in [0.15, 0.2) is 24.3 Å². The van der Waals surface area contributed by atoms with Gasteiger partial charge in [0.05, 0.1) is 17.8 Å². The quantitative estimate of drug-likeness (QED) is 0.808. The van der Waals surface area contributed by atoms with Crippen LogP contribution in [0.2, 0.25) is 0 Å². The van der Waals surface area contributed by atoms with Crippen LogP contribution in [-0.2, 0) is 4.74 Å². The highest BCUT2D eigenvalue weighted by Gasteiger charge is 2.48. The van der Waals surface area contributed by atoms with E-state index in [1.807, 2.05) is 24.3 Å². The molecule has 2 N–H and O–H groups in total. The van der Waals surface area contributed by atoms with Crippen molar-refractivity contribution >= 4 is 5.91 Å². The van der Waals surface area contributed by atoms with Gasteiger partial charge in [-0.2, -0.15) is 0 Å². The van der Waals surface area contributed by atoms with E-state index in [4.69, 9.17) is 9.47 Å². The molecular formula is C23H33NO4. The number of hydrogen-bond acceptors (Lipinski definition) is 4. The predicted molar refractivity (Wildman–Crippen MR) is 107 cm³/mol. The molecule has 4 rings (SSSR count). The molecule has 2 saturated carbocycles. The van der Waals surface area contributed by atoms with Gasteiger partial charge in [-0.1, -0.05) is 18.6 Å². The lowest BCUT2D eigenvalue weighted by atomic mass is 9.76. The van der Waals surface area contributed by atoms with Crippen molar-refractivity contribution in [2.24, 2.45) is 11.3 Å². The summed E-state index contributed by atoms with van der Waals surface area (Å²) < 4.78 is 11.6. The molecule has 28 heavy (non-hydrogen) atoms. The van der Waals surface area contributed by atoms with Crippen LogP contribution in [0.4, 0.5) is 0 Å². The molecule has 154 valence electrons. The number of ether oxygens (including phenoxy) is 2. The number of rotatable bonds is 5. The van der Waals surface area contributed by atoms with Crippen LogP contribution in [0, 0.1) is 11.3 Å². The first-order valence-electron chi connectivity index (χ1n) is 11.0. The average molecular weight is 388 g/mol. The fourth-order valence-electron chi connectivity index (χ4n) is 5.25. The minimum atomic E-state index is -0.356. The summed E-state index contributed by atoms with van der Waals surface area (Å²) in [6.45, 7) is 1.99. The number of aliphatic hydroxyl groups excluding tert-OH is 1. The van der Waals surface area contributed by atoms with E-state index < -0.39 is 0 Å². The molecule has 5 heteroatoms. The van der Waals surface area contributed by atoms with E-state index >= 15 is 0 Å². The molecule has 0 radical (unpaired) electrons. The molecule has 2 unspecified atom stereocenters. The fourth-order valence-corrected chi connectivity index (χ4v) is 5.25. The van der Waals surface area contributed by atoms with Crippen molar-refractivity contribution in [3.05, 3.63) is 29.8 Å². The number of benzene rings is 1. The van der Waals surface area contributed by atoms with Crippen molar-refractivity contribution in [2.45, 2.75) is 70.0 Å². The Hall–Kier alpha value is -1.59. The Morgan fingerprint density at radius 2 is 1.86 bits per heavy atom. The molecule has 1 heterocycles. The summed E-state index contributed by atoms with van der Waals surface area (Å²) in [6.07, 6.45) is 9.51. The first-order chi connectivity index (χ1) is 13.7. The molecule has 1 aliphatic heterocycles. The van der Waals surface area contributed by atoms with Gasteiger partial charge in [-0.05, 0) is 63.5 Å². The number of aliphatic hydroxyl groups is 1. The lowest BCUT2D eigenvalue weighted by Crippen LogP contribution is -2.41. The van der Waals surface area contributed by atoms with Crippen molar-refractivity contribution in [1.29, 1.82) is 0 Å². The third kappa shape index (κ3) is 4.20. The van der Waals surface area contributed by atoms with Gasteiger partial charge >= 0.3 is 0 Å². The number of hydrogen-bond donors (Lipinski definition) is 2. The molecule has 1 amide bonds. The highest BCUT2D eigenvalue weighted by atomic mass is 16.5. The first-order valence-corrected chi connectivity index (χ1v) is 11.0. The second-order valence-corrected chi connectivity index (χ2v) is 8.80. The number of amides is 1. The molecule has 2 aliphatic carbocycles. The van der Waals surface area contributed by atoms with Crippen LogP contribution in [0.1, 0.15) is 68.1 Å². The van der Waals surface area contributed by atoms with Gasteiger partial charge in [0, 0.05) is 31.1 Å². The van der Waals surface area contributed by atoms with E-state index in [9.17, 15) is 9.90 Å². The third-order valence-corrected chi connectivity index (χ3v) is 7.08. The SMILES string of the molecule is O=C(NCC1CCC2(CCOCC2)C1O)c1ccccc1OC1CCCCC1. The van der Waals surface area contributed by atoms with E-state index in [1.54, 1.807) is 0 Å². The lowest BCUT2D eigenvalue weighted by Gasteiger charge is -2.37. The second kappa shape index (κ2) is 8.83. The van der Waals surface area contributed by atoms with Crippen LogP contribution >= 0.6 is 0 Å². The zero-order valence-corrected chi connectivity index (χ0v) is 16.7. The molecular weight excluding hydrogens is 354 g/mol. The Bertz CT molecular complexity index is 664. The van der Waals surface area contributed by atoms with E-state index in [0.29, 0.717) is 17.9 Å². The van der Waals surface area contributed by atoms with Gasteiger partial charge in [-0.3, -0.25) is 4.79 Å². The van der Waals surface area contributed by atoms with Gasteiger partial charge in [0.15, 0.2) is 0 Å². The molecule has 2 atom stereocenters. The maximum Gasteiger partial charge on any atom is 0.255 e. The summed E-state index contributed by atoms with van der Waals surface area (Å²) >= 11 is 0. The van der Waals surface area contributed by atoms with Crippen LogP contribution in [0.25, 0.3) is 0 Å². The predicted octanol–water partition coefficient (Wildman–Crippen LogP) is 3.70. The number of carbonyl (C=O) groups is 1. The topological polar surface area (TPSA) is 67.8 Å². The standard InChI is InChI=1S/C23H33NO4/c25-21-17(10-11-23(21)12-14-27-15-13-23)16-24-22(26)19-8-4-5-9-20(19)28-18-6-2-1-3-7-18/h4-5,8-9,17-18,21,25H,1-3,6-7,10-16H2,(H,24,26). The Morgan fingerprint density at radius 1 is 1.11 bits per heavy atom. The van der Waals surface area contributed by atoms with Gasteiger partial charge in [-0.15, -0.1) is 0 Å². The van der Waals surface area contributed by atoms with Gasteiger partial charge in [-0.25, -0.2) is 0 Å². The summed E-state index contributed by atoms with van der Waals surface area (Å²) in [7, 11) is 0. The normalized spacial score (nSPS) is 27.6. The largest absolute Gasteiger partial charge is 0.490 e. The second-order valence-electron chi connectivity index (χ2n) is 8.80. The molecule has 5 nitrogen and oxygen atoms in total. The molecule has 0 bridgehead atoms. The lowest BCUT2D eigenvalue weighted by molar-refractivity contribution is -0.0555. The van der Waals surface area contributed by atoms with Crippen molar-refractivity contribution < 1.29 is 19.4 Å². The van der Waals surface area contributed by atoms with E-state index in [2.05, 4.69) is 5.32 Å². The van der Waals surface area contributed by atoms with Crippen LogP contribution in [0.3, 0.4) is 0 Å². The Kier molecular flexibility index (Phi) is 6.22. The maximum absolute atomic E-state index is 12.8. The highest BCUT2D eigenvalue weighted by Crippen LogP contribution is 2.48. The van der Waals surface area contributed by atoms with E-state index in [1.165, 1.54) is 19.3 Å². The first kappa shape index (κ1) is 19.7. The molecule has 3 fully saturated rings. The van der Waals surface area contributed by atoms with Crippen LogP contribution in [-0.4, -0.2) is 43.0 Å². The van der Waals surface area contributed by atoms with Crippen molar-refractivity contribution in [3.8, 4) is 5.75 Å². The molecule has 1 saturated heterocycles. The molecule has 3 aliphatic rings. The van der Waals surface area contributed by atoms with E-state index in [-0.39, 0.29) is 29.4 Å². The van der Waals surface area contributed by atoms with Crippen molar-refractivity contribution in [3.63, 3.8) is 0 Å². The minimum Gasteiger partial charge on any atom is -0.490 e. The summed E-state index contributed by atoms with van der Waals surface area (Å²) in [4.78, 5) is 12.8. The summed E-state index contributed by atoms with van der Waals surface area (Å²) in [5.74, 6) is 0.694. The van der Waals surface area contributed by atoms with Crippen molar-refractivity contribution in [1.82, 2.24) is 5.32 Å². The van der Waals surface area contributed by atoms with Gasteiger partial charge in [0.2, 0.25) is 0 Å². The molecule has 1 aromatic rings. The number of para-hydroxylation sites is 1. The average Bonchev–Trinajstić information content (AvgIpc) is 3.03. The monoisotopic (exact) mass is 387 g/mol. The Labute approximate surface area is 167 Å². The zero-order chi connectivity index (χ0) is 19.4. The summed E-state index contributed by atoms with van der Waals surface area (Å²) in [5, 5.41) is 13.9. The van der Waals surface area contributed by atoms with Crippen molar-refractivity contribution in [2.75, 3.05) is 19.8 Å². The van der Waals surface area contributed by atoms with Gasteiger partial charge in [0.1, 0.15) is 5.75 Å². The molecule has 1 spiro atoms. The number of nitrogens with one attached hydrogen (secondary N) is 1. The van der Waals surface area contributed by atoms with Crippen LogP contribution in [0.5, 0.6) is 5.75 Å².